The Labute approximate surface area is 166 Å². The Morgan fingerprint density at radius 3 is 1.77 bits per heavy atom. The highest BCUT2D eigenvalue weighted by molar-refractivity contribution is 7.99. The van der Waals surface area contributed by atoms with E-state index in [0.29, 0.717) is 0 Å². The molecule has 2 rings (SSSR count). The van der Waals surface area contributed by atoms with Crippen LogP contribution in [0.4, 0.5) is 0 Å². The fourth-order valence-electron chi connectivity index (χ4n) is 3.13. The van der Waals surface area contributed by atoms with Crippen molar-refractivity contribution >= 4 is 19.7 Å². The number of hydrogen-bond donors (Lipinski definition) is 0. The monoisotopic (exact) mass is 386 g/mol. The zero-order chi connectivity index (χ0) is 18.3. The van der Waals surface area contributed by atoms with E-state index in [0.717, 1.165) is 0 Å². The van der Waals surface area contributed by atoms with Gasteiger partial charge in [-0.15, -0.1) is 7.92 Å². The summed E-state index contributed by atoms with van der Waals surface area (Å²) in [5.74, 6) is 2.72. The van der Waals surface area contributed by atoms with Crippen molar-refractivity contribution < 1.29 is 0 Å². The van der Waals surface area contributed by atoms with Crippen LogP contribution in [0, 0.1) is 0 Å². The van der Waals surface area contributed by atoms with Gasteiger partial charge in [0.25, 0.3) is 0 Å². The van der Waals surface area contributed by atoms with Gasteiger partial charge in [0.1, 0.15) is 0 Å². The molecular weight excluding hydrogens is 351 g/mol. The Kier molecular flexibility index (Phi) is 11.8. The van der Waals surface area contributed by atoms with Crippen LogP contribution >= 0.6 is 19.7 Å². The molecule has 0 saturated heterocycles. The molecular formula is C24H35PS. The topological polar surface area (TPSA) is 0 Å². The van der Waals surface area contributed by atoms with Gasteiger partial charge in [-0.3, -0.25) is 0 Å². The van der Waals surface area contributed by atoms with Crippen molar-refractivity contribution in [1.29, 1.82) is 0 Å². The van der Waals surface area contributed by atoms with Crippen molar-refractivity contribution in [3.63, 3.8) is 0 Å². The van der Waals surface area contributed by atoms with Crippen molar-refractivity contribution in [3.05, 3.63) is 71.8 Å². The van der Waals surface area contributed by atoms with Gasteiger partial charge in [-0.05, 0) is 60.4 Å². The molecule has 0 spiro atoms. The first-order valence-electron chi connectivity index (χ1n) is 10.3. The van der Waals surface area contributed by atoms with Crippen molar-refractivity contribution in [3.8, 4) is 0 Å². The molecule has 142 valence electrons. The zero-order valence-electron chi connectivity index (χ0n) is 16.4. The Morgan fingerprint density at radius 2 is 1.23 bits per heavy atom. The highest BCUT2D eigenvalue weighted by Gasteiger charge is 2.09. The highest BCUT2D eigenvalue weighted by Crippen LogP contribution is 2.37. The molecule has 0 aromatic heterocycles. The maximum absolute atomic E-state index is 2.29. The molecule has 0 aliphatic rings. The highest BCUT2D eigenvalue weighted by atomic mass is 32.2. The molecule has 0 amide bonds. The van der Waals surface area contributed by atoms with E-state index in [1.807, 2.05) is 0 Å². The first-order valence-corrected chi connectivity index (χ1v) is 13.3. The summed E-state index contributed by atoms with van der Waals surface area (Å²) >= 11 is 2.19. The van der Waals surface area contributed by atoms with E-state index in [1.165, 1.54) is 79.6 Å². The van der Waals surface area contributed by atoms with Gasteiger partial charge >= 0.3 is 0 Å². The third-order valence-electron chi connectivity index (χ3n) is 4.81. The first-order chi connectivity index (χ1) is 12.9. The predicted molar refractivity (Wildman–Crippen MR) is 123 cm³/mol. The lowest BCUT2D eigenvalue weighted by molar-refractivity contribution is 0.706. The number of thioether (sulfide) groups is 1. The summed E-state index contributed by atoms with van der Waals surface area (Å²) in [4.78, 5) is 0. The molecule has 26 heavy (non-hydrogen) atoms. The second-order valence-electron chi connectivity index (χ2n) is 6.99. The molecule has 0 aliphatic heterocycles. The smallest absolute Gasteiger partial charge is 0.00281 e. The van der Waals surface area contributed by atoms with Gasteiger partial charge in [-0.2, -0.15) is 11.8 Å². The maximum Gasteiger partial charge on any atom is -0.00281 e. The second-order valence-corrected chi connectivity index (χ2v) is 10.9. The lowest BCUT2D eigenvalue weighted by Gasteiger charge is -2.18. The van der Waals surface area contributed by atoms with Gasteiger partial charge in [0, 0.05) is 0 Å². The van der Waals surface area contributed by atoms with Crippen LogP contribution in [0.15, 0.2) is 60.7 Å². The second kappa shape index (κ2) is 14.3. The van der Waals surface area contributed by atoms with E-state index in [2.05, 4.69) is 79.3 Å². The molecule has 0 aliphatic carbocycles. The molecule has 0 N–H and O–H groups in total. The number of hydrogen-bond acceptors (Lipinski definition) is 1. The fourth-order valence-corrected chi connectivity index (χ4v) is 7.11. The summed E-state index contributed by atoms with van der Waals surface area (Å²) in [5, 5.41) is 0. The van der Waals surface area contributed by atoms with Crippen LogP contribution in [0.3, 0.4) is 0 Å². The maximum atomic E-state index is 2.29. The normalized spacial score (nSPS) is 11.2. The van der Waals surface area contributed by atoms with Crippen LogP contribution in [0.2, 0.25) is 0 Å². The number of unbranched alkanes of at least 4 members (excludes halogenated alkanes) is 3. The van der Waals surface area contributed by atoms with Crippen LogP contribution in [0.5, 0.6) is 0 Å². The van der Waals surface area contributed by atoms with Gasteiger partial charge < -0.3 is 0 Å². The molecule has 0 bridgehead atoms. The van der Waals surface area contributed by atoms with Crippen molar-refractivity contribution in [1.82, 2.24) is 0 Å². The molecule has 2 aromatic rings. The van der Waals surface area contributed by atoms with Crippen LogP contribution in [0.1, 0.15) is 43.7 Å². The summed E-state index contributed by atoms with van der Waals surface area (Å²) < 4.78 is 0. The SMILES string of the molecule is CCCCCCSCCP(CCc1ccccc1)CCc1ccccc1. The van der Waals surface area contributed by atoms with E-state index in [-0.39, 0.29) is 7.92 Å². The minimum Gasteiger partial charge on any atom is -0.162 e. The number of rotatable bonds is 14. The first kappa shape index (κ1) is 21.5. The summed E-state index contributed by atoms with van der Waals surface area (Å²) in [6.45, 7) is 2.29. The number of aryl methyl sites for hydroxylation is 2. The van der Waals surface area contributed by atoms with Crippen LogP contribution in [0.25, 0.3) is 0 Å². The summed E-state index contributed by atoms with van der Waals surface area (Å²) in [5.41, 5.74) is 3.01. The Bertz CT molecular complexity index is 511. The van der Waals surface area contributed by atoms with Crippen LogP contribution < -0.4 is 0 Å². The fraction of sp³-hybridized carbons (Fsp3) is 0.500. The largest absolute Gasteiger partial charge is 0.162 e. The van der Waals surface area contributed by atoms with Gasteiger partial charge in [-0.1, -0.05) is 86.8 Å². The summed E-state index contributed by atoms with van der Waals surface area (Å²) in [7, 11) is 0.144. The van der Waals surface area contributed by atoms with Gasteiger partial charge in [0.2, 0.25) is 0 Å². The van der Waals surface area contributed by atoms with E-state index >= 15 is 0 Å². The molecule has 0 radical (unpaired) electrons. The average Bonchev–Trinajstić information content (AvgIpc) is 2.70. The van der Waals surface area contributed by atoms with Crippen molar-refractivity contribution in [2.24, 2.45) is 0 Å². The molecule has 0 heterocycles. The lowest BCUT2D eigenvalue weighted by Crippen LogP contribution is -2.03. The molecule has 2 aromatic carbocycles. The lowest BCUT2D eigenvalue weighted by atomic mass is 10.2. The quantitative estimate of drug-likeness (QED) is 0.243. The molecule has 0 unspecified atom stereocenters. The van der Waals surface area contributed by atoms with E-state index in [1.54, 1.807) is 0 Å². The molecule has 0 saturated carbocycles. The third-order valence-corrected chi connectivity index (χ3v) is 8.75. The van der Waals surface area contributed by atoms with E-state index in [9.17, 15) is 0 Å². The van der Waals surface area contributed by atoms with Gasteiger partial charge in [-0.25, -0.2) is 0 Å². The van der Waals surface area contributed by atoms with Gasteiger partial charge in [0.05, 0.1) is 0 Å². The Morgan fingerprint density at radius 1 is 0.654 bits per heavy atom. The minimum atomic E-state index is 0.144. The predicted octanol–water partition coefficient (Wildman–Crippen LogP) is 7.27. The Balaban J connectivity index is 1.72. The Hall–Kier alpha value is -0.780. The molecule has 2 heteroatoms. The number of benzene rings is 2. The molecule has 0 nitrogen and oxygen atoms in total. The standard InChI is InChI=1S/C24H35PS/c1-2-3-4-11-21-26-22-20-25(18-16-23-12-7-5-8-13-23)19-17-24-14-9-6-10-15-24/h5-10,12-15H,2-4,11,16-22H2,1H3. The van der Waals surface area contributed by atoms with Gasteiger partial charge in [0.15, 0.2) is 0 Å². The van der Waals surface area contributed by atoms with Crippen molar-refractivity contribution in [2.45, 2.75) is 45.4 Å². The van der Waals surface area contributed by atoms with E-state index < -0.39 is 0 Å². The summed E-state index contributed by atoms with van der Waals surface area (Å²) in [6, 6.07) is 22.1. The van der Waals surface area contributed by atoms with Crippen molar-refractivity contribution in [2.75, 3.05) is 30.0 Å². The third kappa shape index (κ3) is 9.79. The minimum absolute atomic E-state index is 0.144. The average molecular weight is 387 g/mol. The summed E-state index contributed by atoms with van der Waals surface area (Å²) in [6.07, 6.45) is 12.3. The van der Waals surface area contributed by atoms with Crippen LogP contribution in [-0.2, 0) is 12.8 Å². The molecule has 0 atom stereocenters. The van der Waals surface area contributed by atoms with E-state index in [4.69, 9.17) is 0 Å². The van der Waals surface area contributed by atoms with Crippen LogP contribution in [-0.4, -0.2) is 30.0 Å². The zero-order valence-corrected chi connectivity index (χ0v) is 18.1. The molecule has 0 fully saturated rings.